The molecule has 7 nitrogen and oxygen atoms in total. The van der Waals surface area contributed by atoms with Crippen LogP contribution in [0, 0.1) is 34.9 Å². The van der Waals surface area contributed by atoms with Crippen LogP contribution in [0.25, 0.3) is 10.4 Å². The van der Waals surface area contributed by atoms with Crippen molar-refractivity contribution in [2.45, 2.75) is 6.10 Å². The molecule has 0 unspecified atom stereocenters. The summed E-state index contributed by atoms with van der Waals surface area (Å²) in [5, 5.41) is 3.36. The number of hydrogen-bond acceptors (Lipinski definition) is 5. The summed E-state index contributed by atoms with van der Waals surface area (Å²) in [6.45, 7) is 0.355. The summed E-state index contributed by atoms with van der Waals surface area (Å²) < 4.78 is 90.6. The van der Waals surface area contributed by atoms with Crippen LogP contribution in [0.15, 0.2) is 23.3 Å². The molecule has 2 aromatic rings. The van der Waals surface area contributed by atoms with Gasteiger partial charge in [0.1, 0.15) is 12.5 Å². The highest BCUT2D eigenvalue weighted by atomic mass is 19.2. The summed E-state index contributed by atoms with van der Waals surface area (Å²) in [5.74, 6) is -16.4. The van der Waals surface area contributed by atoms with Gasteiger partial charge in [0.15, 0.2) is 0 Å². The van der Waals surface area contributed by atoms with Crippen molar-refractivity contribution < 1.29 is 40.6 Å². The Bertz CT molecular complexity index is 1030. The van der Waals surface area contributed by atoms with E-state index in [4.69, 9.17) is 10.3 Å². The molecule has 1 atom stereocenters. The van der Waals surface area contributed by atoms with E-state index >= 15 is 0 Å². The van der Waals surface area contributed by atoms with Crippen LogP contribution in [0.1, 0.15) is 10.4 Å². The lowest BCUT2D eigenvalue weighted by Crippen LogP contribution is -2.23. The van der Waals surface area contributed by atoms with Crippen LogP contribution in [0.3, 0.4) is 0 Å². The number of carbonyl (C=O) groups is 1. The number of anilines is 1. The van der Waals surface area contributed by atoms with Crippen LogP contribution < -0.4 is 9.64 Å². The summed E-state index contributed by atoms with van der Waals surface area (Å²) in [6.07, 6.45) is -0.428. The van der Waals surface area contributed by atoms with Gasteiger partial charge in [0.05, 0.1) is 18.2 Å². The molecule has 0 saturated carbocycles. The third-order valence-corrected chi connectivity index (χ3v) is 4.14. The standard InChI is InChI=1S/C17H10F6N4O3/c18-10-3-7(27-5-8(29-6-27)4-25-26-24)1-2-9(10)17(28)30-16-14(22)12(20)11(19)13(21)15(16)23/h1-3,8H,4-6H2/t8-/m1/s1. The minimum atomic E-state index is -2.42. The second-order valence-electron chi connectivity index (χ2n) is 6.01. The quantitative estimate of drug-likeness (QED) is 0.104. The van der Waals surface area contributed by atoms with Gasteiger partial charge in [0.2, 0.25) is 34.8 Å². The Morgan fingerprint density at radius 1 is 1.13 bits per heavy atom. The molecule has 1 fully saturated rings. The lowest BCUT2D eigenvalue weighted by molar-refractivity contribution is 0.0711. The van der Waals surface area contributed by atoms with Crippen molar-refractivity contribution >= 4 is 11.7 Å². The molecule has 2 aromatic carbocycles. The second-order valence-corrected chi connectivity index (χ2v) is 6.01. The first-order valence-electron chi connectivity index (χ1n) is 8.15. The summed E-state index contributed by atoms with van der Waals surface area (Å²) in [6, 6.07) is 3.08. The Balaban J connectivity index is 1.80. The zero-order valence-electron chi connectivity index (χ0n) is 14.7. The van der Waals surface area contributed by atoms with Gasteiger partial charge in [-0.25, -0.2) is 22.4 Å². The van der Waals surface area contributed by atoms with Crippen LogP contribution >= 0.6 is 0 Å². The van der Waals surface area contributed by atoms with Crippen molar-refractivity contribution in [3.63, 3.8) is 0 Å². The average Bonchev–Trinajstić information content (AvgIpc) is 3.21. The summed E-state index contributed by atoms with van der Waals surface area (Å²) in [5.41, 5.74) is 7.77. The van der Waals surface area contributed by atoms with Crippen molar-refractivity contribution in [3.8, 4) is 5.75 Å². The van der Waals surface area contributed by atoms with Crippen molar-refractivity contribution in [2.75, 3.05) is 24.7 Å². The van der Waals surface area contributed by atoms with Crippen LogP contribution in [-0.4, -0.2) is 31.9 Å². The van der Waals surface area contributed by atoms with Gasteiger partial charge >= 0.3 is 5.97 Å². The molecule has 1 aliphatic heterocycles. The topological polar surface area (TPSA) is 87.5 Å². The lowest BCUT2D eigenvalue weighted by Gasteiger charge is -2.17. The molecular weight excluding hydrogens is 422 g/mol. The highest BCUT2D eigenvalue weighted by Gasteiger charge is 2.30. The molecule has 1 saturated heterocycles. The molecule has 0 N–H and O–H groups in total. The molecule has 0 amide bonds. The Hall–Kier alpha value is -3.44. The van der Waals surface area contributed by atoms with Gasteiger partial charge in [-0.15, -0.1) is 0 Å². The molecule has 0 aliphatic carbocycles. The predicted octanol–water partition coefficient (Wildman–Crippen LogP) is 4.21. The average molecular weight is 432 g/mol. The number of esters is 1. The highest BCUT2D eigenvalue weighted by Crippen LogP contribution is 2.30. The summed E-state index contributed by atoms with van der Waals surface area (Å²) >= 11 is 0. The molecule has 30 heavy (non-hydrogen) atoms. The van der Waals surface area contributed by atoms with E-state index < -0.39 is 58.3 Å². The van der Waals surface area contributed by atoms with Crippen LogP contribution in [0.5, 0.6) is 5.75 Å². The zero-order valence-corrected chi connectivity index (χ0v) is 14.7. The second kappa shape index (κ2) is 8.51. The lowest BCUT2D eigenvalue weighted by atomic mass is 10.1. The molecular formula is C17H10F6N4O3. The zero-order chi connectivity index (χ0) is 22.0. The molecule has 13 heteroatoms. The Kier molecular flexibility index (Phi) is 6.04. The monoisotopic (exact) mass is 432 g/mol. The van der Waals surface area contributed by atoms with E-state index in [9.17, 15) is 31.1 Å². The van der Waals surface area contributed by atoms with Gasteiger partial charge in [0, 0.05) is 17.1 Å². The third-order valence-electron chi connectivity index (χ3n) is 4.14. The summed E-state index contributed by atoms with van der Waals surface area (Å²) in [4.78, 5) is 16.2. The first-order valence-corrected chi connectivity index (χ1v) is 8.15. The fourth-order valence-corrected chi connectivity index (χ4v) is 2.65. The van der Waals surface area contributed by atoms with Gasteiger partial charge in [-0.2, -0.15) is 8.78 Å². The Morgan fingerprint density at radius 3 is 2.37 bits per heavy atom. The molecule has 1 heterocycles. The number of rotatable bonds is 5. The van der Waals surface area contributed by atoms with Gasteiger partial charge in [-0.1, -0.05) is 5.11 Å². The maximum Gasteiger partial charge on any atom is 0.346 e. The number of carbonyl (C=O) groups excluding carboxylic acids is 1. The van der Waals surface area contributed by atoms with Crippen LogP contribution in [0.4, 0.5) is 32.0 Å². The smallest absolute Gasteiger partial charge is 0.346 e. The Labute approximate surface area is 164 Å². The number of azide groups is 1. The van der Waals surface area contributed by atoms with Crippen LogP contribution in [-0.2, 0) is 4.74 Å². The molecule has 3 rings (SSSR count). The number of hydrogen-bond donors (Lipinski definition) is 0. The summed E-state index contributed by atoms with van der Waals surface area (Å²) in [7, 11) is 0. The van der Waals surface area contributed by atoms with E-state index in [-0.39, 0.29) is 25.5 Å². The Morgan fingerprint density at radius 2 is 1.77 bits per heavy atom. The minimum absolute atomic E-state index is 0.0411. The van der Waals surface area contributed by atoms with E-state index in [1.54, 1.807) is 4.90 Å². The first-order chi connectivity index (χ1) is 14.2. The fraction of sp³-hybridized carbons (Fsp3) is 0.235. The normalized spacial score (nSPS) is 15.8. The van der Waals surface area contributed by atoms with E-state index in [0.717, 1.165) is 12.1 Å². The number of benzene rings is 2. The molecule has 0 bridgehead atoms. The fourth-order valence-electron chi connectivity index (χ4n) is 2.65. The van der Waals surface area contributed by atoms with Gasteiger partial charge in [-0.3, -0.25) is 0 Å². The maximum absolute atomic E-state index is 14.3. The largest absolute Gasteiger partial charge is 0.416 e. The van der Waals surface area contributed by atoms with Gasteiger partial charge < -0.3 is 14.4 Å². The van der Waals surface area contributed by atoms with Crippen molar-refractivity contribution in [3.05, 3.63) is 69.1 Å². The maximum atomic E-state index is 14.3. The molecule has 158 valence electrons. The van der Waals surface area contributed by atoms with E-state index in [2.05, 4.69) is 14.8 Å². The highest BCUT2D eigenvalue weighted by molar-refractivity contribution is 5.91. The van der Waals surface area contributed by atoms with E-state index in [1.165, 1.54) is 6.07 Å². The molecule has 1 aliphatic rings. The number of halogens is 6. The molecule has 0 radical (unpaired) electrons. The number of nitrogens with zero attached hydrogens (tertiary/aromatic N) is 4. The van der Waals surface area contributed by atoms with Gasteiger partial charge in [0.25, 0.3) is 0 Å². The van der Waals surface area contributed by atoms with Gasteiger partial charge in [-0.05, 0) is 23.7 Å². The minimum Gasteiger partial charge on any atom is -0.416 e. The molecule has 0 aromatic heterocycles. The van der Waals surface area contributed by atoms with Crippen molar-refractivity contribution in [1.82, 2.24) is 0 Å². The predicted molar refractivity (Wildman–Crippen MR) is 88.7 cm³/mol. The van der Waals surface area contributed by atoms with Crippen molar-refractivity contribution in [1.29, 1.82) is 0 Å². The van der Waals surface area contributed by atoms with E-state index in [1.807, 2.05) is 0 Å². The first kappa shape index (κ1) is 21.3. The third kappa shape index (κ3) is 3.98. The molecule has 0 spiro atoms. The SMILES string of the molecule is [N-]=[N+]=NC[C@@H]1CN(c2ccc(C(=O)Oc3c(F)c(F)c(F)c(F)c3F)c(F)c2)CO1. The number of ether oxygens (including phenoxy) is 2. The van der Waals surface area contributed by atoms with E-state index in [0.29, 0.717) is 0 Å². The van der Waals surface area contributed by atoms with Crippen LogP contribution in [0.2, 0.25) is 0 Å². The van der Waals surface area contributed by atoms with Crippen molar-refractivity contribution in [2.24, 2.45) is 5.11 Å².